The van der Waals surface area contributed by atoms with Gasteiger partial charge in [0.05, 0.1) is 0 Å². The van der Waals surface area contributed by atoms with E-state index in [1.807, 2.05) is 37.5 Å². The van der Waals surface area contributed by atoms with Crippen molar-refractivity contribution in [2.75, 3.05) is 6.54 Å². The van der Waals surface area contributed by atoms with E-state index in [9.17, 15) is 4.79 Å². The minimum absolute atomic E-state index is 0.0919. The zero-order chi connectivity index (χ0) is 10.6. The fraction of sp³-hybridized carbons (Fsp3) is 0.545. The third-order valence-corrected chi connectivity index (χ3v) is 2.29. The number of aromatic nitrogens is 1. The van der Waals surface area contributed by atoms with Crippen molar-refractivity contribution in [3.8, 4) is 0 Å². The first-order chi connectivity index (χ1) is 6.65. The van der Waals surface area contributed by atoms with Gasteiger partial charge in [-0.2, -0.15) is 0 Å². The van der Waals surface area contributed by atoms with Gasteiger partial charge >= 0.3 is 0 Å². The van der Waals surface area contributed by atoms with Crippen molar-refractivity contribution in [2.45, 2.75) is 33.7 Å². The highest BCUT2D eigenvalue weighted by Gasteiger charge is 2.05. The van der Waals surface area contributed by atoms with E-state index in [0.717, 1.165) is 24.4 Å². The Labute approximate surface area is 85.1 Å². The van der Waals surface area contributed by atoms with E-state index in [1.54, 1.807) is 0 Å². The van der Waals surface area contributed by atoms with Crippen LogP contribution in [0.15, 0.2) is 12.1 Å². The predicted octanol–water partition coefficient (Wildman–Crippen LogP) is 1.63. The Balaban J connectivity index is 2.55. The number of hydrogen-bond acceptors (Lipinski definition) is 1. The lowest BCUT2D eigenvalue weighted by molar-refractivity contribution is -0.121. The molecule has 1 aromatic heterocycles. The van der Waals surface area contributed by atoms with Gasteiger partial charge in [-0.05, 0) is 32.4 Å². The minimum Gasteiger partial charge on any atom is -0.355 e. The lowest BCUT2D eigenvalue weighted by Gasteiger charge is -2.09. The molecule has 1 amide bonds. The highest BCUT2D eigenvalue weighted by atomic mass is 16.1. The Morgan fingerprint density at radius 2 is 1.93 bits per heavy atom. The summed E-state index contributed by atoms with van der Waals surface area (Å²) in [6.45, 7) is 7.27. The molecule has 0 aliphatic rings. The predicted molar refractivity (Wildman–Crippen MR) is 57.2 cm³/mol. The van der Waals surface area contributed by atoms with Crippen LogP contribution in [0, 0.1) is 13.8 Å². The molecule has 0 bridgehead atoms. The molecule has 0 spiro atoms. The molecule has 78 valence electrons. The van der Waals surface area contributed by atoms with E-state index in [4.69, 9.17) is 0 Å². The second-order valence-electron chi connectivity index (χ2n) is 3.55. The van der Waals surface area contributed by atoms with Gasteiger partial charge in [0, 0.05) is 17.9 Å². The number of amides is 1. The monoisotopic (exact) mass is 194 g/mol. The molecule has 3 heteroatoms. The smallest absolute Gasteiger partial charge is 0.239 e. The summed E-state index contributed by atoms with van der Waals surface area (Å²) >= 11 is 0. The first-order valence-electron chi connectivity index (χ1n) is 5.04. The molecule has 1 heterocycles. The van der Waals surface area contributed by atoms with Gasteiger partial charge in [0.1, 0.15) is 6.54 Å². The molecule has 0 radical (unpaired) electrons. The molecule has 0 fully saturated rings. The molecular formula is C11H18N2O. The van der Waals surface area contributed by atoms with Crippen molar-refractivity contribution in [3.63, 3.8) is 0 Å². The van der Waals surface area contributed by atoms with E-state index in [0.29, 0.717) is 6.54 Å². The summed E-state index contributed by atoms with van der Waals surface area (Å²) in [5, 5.41) is 2.87. The number of hydrogen-bond donors (Lipinski definition) is 1. The number of carbonyl (C=O) groups excluding carboxylic acids is 1. The summed E-state index contributed by atoms with van der Waals surface area (Å²) in [4.78, 5) is 11.4. The highest BCUT2D eigenvalue weighted by Crippen LogP contribution is 2.06. The van der Waals surface area contributed by atoms with Crippen LogP contribution in [0.4, 0.5) is 0 Å². The molecule has 0 unspecified atom stereocenters. The maximum absolute atomic E-state index is 11.4. The SMILES string of the molecule is CCCNC(=O)Cn1c(C)ccc1C. The Morgan fingerprint density at radius 3 is 2.43 bits per heavy atom. The molecule has 1 aromatic rings. The lowest BCUT2D eigenvalue weighted by atomic mass is 10.4. The van der Waals surface area contributed by atoms with E-state index >= 15 is 0 Å². The summed E-state index contributed by atoms with van der Waals surface area (Å²) < 4.78 is 2.02. The zero-order valence-electron chi connectivity index (χ0n) is 9.13. The van der Waals surface area contributed by atoms with Gasteiger partial charge < -0.3 is 9.88 Å². The van der Waals surface area contributed by atoms with Gasteiger partial charge in [-0.15, -0.1) is 0 Å². The Bertz CT molecular complexity index is 296. The van der Waals surface area contributed by atoms with Gasteiger partial charge in [-0.3, -0.25) is 4.79 Å². The van der Waals surface area contributed by atoms with Gasteiger partial charge in [0.2, 0.25) is 5.91 Å². The Hall–Kier alpha value is -1.25. The van der Waals surface area contributed by atoms with Gasteiger partial charge in [-0.1, -0.05) is 6.92 Å². The first kappa shape index (κ1) is 10.8. The normalized spacial score (nSPS) is 10.2. The maximum atomic E-state index is 11.4. The number of aryl methyl sites for hydroxylation is 2. The third kappa shape index (κ3) is 2.62. The molecule has 0 saturated carbocycles. The van der Waals surface area contributed by atoms with Crippen molar-refractivity contribution < 1.29 is 4.79 Å². The number of nitrogens with one attached hydrogen (secondary N) is 1. The van der Waals surface area contributed by atoms with Crippen LogP contribution in [0.2, 0.25) is 0 Å². The van der Waals surface area contributed by atoms with Crippen LogP contribution >= 0.6 is 0 Å². The van der Waals surface area contributed by atoms with Gasteiger partial charge in [-0.25, -0.2) is 0 Å². The van der Waals surface area contributed by atoms with Crippen molar-refractivity contribution in [2.24, 2.45) is 0 Å². The van der Waals surface area contributed by atoms with Crippen molar-refractivity contribution in [1.29, 1.82) is 0 Å². The van der Waals surface area contributed by atoms with E-state index in [2.05, 4.69) is 5.32 Å². The number of nitrogens with zero attached hydrogens (tertiary/aromatic N) is 1. The molecule has 1 N–H and O–H groups in total. The largest absolute Gasteiger partial charge is 0.355 e. The summed E-state index contributed by atoms with van der Waals surface area (Å²) in [7, 11) is 0. The molecule has 0 aliphatic carbocycles. The molecule has 14 heavy (non-hydrogen) atoms. The third-order valence-electron chi connectivity index (χ3n) is 2.29. The average Bonchev–Trinajstić information content (AvgIpc) is 2.46. The molecule has 3 nitrogen and oxygen atoms in total. The molecule has 0 atom stereocenters. The van der Waals surface area contributed by atoms with Crippen molar-refractivity contribution in [1.82, 2.24) is 9.88 Å². The standard InChI is InChI=1S/C11H18N2O/c1-4-7-12-11(14)8-13-9(2)5-6-10(13)3/h5-6H,4,7-8H2,1-3H3,(H,12,14). The van der Waals surface area contributed by atoms with E-state index < -0.39 is 0 Å². The van der Waals surface area contributed by atoms with Crippen molar-refractivity contribution >= 4 is 5.91 Å². The quantitative estimate of drug-likeness (QED) is 0.776. The van der Waals surface area contributed by atoms with Crippen LogP contribution in [0.1, 0.15) is 24.7 Å². The average molecular weight is 194 g/mol. The zero-order valence-corrected chi connectivity index (χ0v) is 9.13. The summed E-state index contributed by atoms with van der Waals surface area (Å²) in [5.41, 5.74) is 2.27. The minimum atomic E-state index is 0.0919. The van der Waals surface area contributed by atoms with Crippen LogP contribution in [-0.2, 0) is 11.3 Å². The molecule has 0 saturated heterocycles. The molecular weight excluding hydrogens is 176 g/mol. The lowest BCUT2D eigenvalue weighted by Crippen LogP contribution is -2.28. The Morgan fingerprint density at radius 1 is 1.36 bits per heavy atom. The molecule has 1 rings (SSSR count). The second kappa shape index (κ2) is 4.84. The van der Waals surface area contributed by atoms with Crippen LogP contribution in [0.25, 0.3) is 0 Å². The van der Waals surface area contributed by atoms with Crippen LogP contribution in [-0.4, -0.2) is 17.0 Å². The van der Waals surface area contributed by atoms with Crippen molar-refractivity contribution in [3.05, 3.63) is 23.5 Å². The number of carbonyl (C=O) groups is 1. The molecule has 0 aliphatic heterocycles. The number of rotatable bonds is 4. The second-order valence-corrected chi connectivity index (χ2v) is 3.55. The fourth-order valence-electron chi connectivity index (χ4n) is 1.41. The van der Waals surface area contributed by atoms with Gasteiger partial charge in [0.15, 0.2) is 0 Å². The van der Waals surface area contributed by atoms with E-state index in [-0.39, 0.29) is 5.91 Å². The maximum Gasteiger partial charge on any atom is 0.239 e. The summed E-state index contributed by atoms with van der Waals surface area (Å²) in [6, 6.07) is 4.06. The highest BCUT2D eigenvalue weighted by molar-refractivity contribution is 5.75. The summed E-state index contributed by atoms with van der Waals surface area (Å²) in [6.07, 6.45) is 0.982. The van der Waals surface area contributed by atoms with Crippen LogP contribution in [0.3, 0.4) is 0 Å². The first-order valence-corrected chi connectivity index (χ1v) is 5.04. The van der Waals surface area contributed by atoms with E-state index in [1.165, 1.54) is 0 Å². The van der Waals surface area contributed by atoms with Gasteiger partial charge in [0.25, 0.3) is 0 Å². The topological polar surface area (TPSA) is 34.0 Å². The van der Waals surface area contributed by atoms with Crippen LogP contribution < -0.4 is 5.32 Å². The fourth-order valence-corrected chi connectivity index (χ4v) is 1.41. The Kier molecular flexibility index (Phi) is 3.74. The molecule has 0 aromatic carbocycles. The van der Waals surface area contributed by atoms with Crippen LogP contribution in [0.5, 0.6) is 0 Å². The summed E-state index contributed by atoms with van der Waals surface area (Å²) in [5.74, 6) is 0.0919.